The lowest BCUT2D eigenvalue weighted by atomic mass is 10.6. The molecule has 0 saturated carbocycles. The number of nitrogen functional groups attached to an aromatic ring is 1. The third kappa shape index (κ3) is 1.85. The number of aromatic nitrogens is 2. The van der Waals surface area contributed by atoms with Crippen LogP contribution >= 0.6 is 0 Å². The van der Waals surface area contributed by atoms with Gasteiger partial charge >= 0.3 is 0 Å². The topological polar surface area (TPSA) is 109 Å². The Bertz CT molecular complexity index is 347. The van der Waals surface area contributed by atoms with Crippen LogP contribution in [0.1, 0.15) is 0 Å². The molecule has 1 heterocycles. The predicted octanol–water partition coefficient (Wildman–Crippen LogP) is -1.07. The Balaban J connectivity index is 3.30. The molecule has 0 radical (unpaired) electrons. The molecule has 0 aliphatic rings. The van der Waals surface area contributed by atoms with Crippen molar-refractivity contribution in [3.63, 3.8) is 0 Å². The van der Waals surface area contributed by atoms with E-state index >= 15 is 0 Å². The van der Waals surface area contributed by atoms with Crippen LogP contribution in [0.2, 0.25) is 0 Å². The summed E-state index contributed by atoms with van der Waals surface area (Å²) in [6.07, 6.45) is 0. The molecule has 0 saturated heterocycles. The van der Waals surface area contributed by atoms with Gasteiger partial charge in [0.05, 0.1) is 0 Å². The van der Waals surface area contributed by atoms with Crippen LogP contribution in [-0.2, 0) is 11.1 Å². The van der Waals surface area contributed by atoms with E-state index in [2.05, 4.69) is 9.97 Å². The van der Waals surface area contributed by atoms with Gasteiger partial charge in [0.25, 0.3) is 5.56 Å². The summed E-state index contributed by atoms with van der Waals surface area (Å²) in [6, 6.07) is 1.02. The molecule has 1 aromatic heterocycles. The van der Waals surface area contributed by atoms with E-state index in [4.69, 9.17) is 10.3 Å². The molecule has 7 heteroatoms. The molecule has 0 fully saturated rings. The molecule has 0 aliphatic heterocycles. The number of hydrogen-bond donors (Lipinski definition) is 3. The van der Waals surface area contributed by atoms with E-state index in [9.17, 15) is 9.00 Å². The molecule has 0 aromatic carbocycles. The Kier molecular flexibility index (Phi) is 2.01. The summed E-state index contributed by atoms with van der Waals surface area (Å²) in [5.41, 5.74) is 4.57. The first-order chi connectivity index (χ1) is 5.09. The quantitative estimate of drug-likeness (QED) is 0.372. The lowest BCUT2D eigenvalue weighted by molar-refractivity contribution is 0.554. The molecular weight excluding hydrogens is 170 g/mol. The summed E-state index contributed by atoms with van der Waals surface area (Å²) in [6.45, 7) is 0. The summed E-state index contributed by atoms with van der Waals surface area (Å²) < 4.78 is 18.8. The first kappa shape index (κ1) is 7.89. The van der Waals surface area contributed by atoms with Gasteiger partial charge in [-0.25, -0.2) is 9.19 Å². The maximum atomic E-state index is 10.6. The number of aromatic amines is 1. The van der Waals surface area contributed by atoms with Gasteiger partial charge in [-0.05, 0) is 0 Å². The Hall–Kier alpha value is -1.21. The molecule has 4 N–H and O–H groups in total. The van der Waals surface area contributed by atoms with Gasteiger partial charge in [0.1, 0.15) is 5.82 Å². The van der Waals surface area contributed by atoms with Crippen molar-refractivity contribution >= 4 is 16.9 Å². The lowest BCUT2D eigenvalue weighted by Crippen LogP contribution is -2.12. The van der Waals surface area contributed by atoms with Crippen molar-refractivity contribution in [2.24, 2.45) is 0 Å². The summed E-state index contributed by atoms with van der Waals surface area (Å²) in [5.74, 6) is -0.0776. The van der Waals surface area contributed by atoms with E-state index in [1.54, 1.807) is 0 Å². The van der Waals surface area contributed by atoms with E-state index in [1.165, 1.54) is 0 Å². The molecule has 1 unspecified atom stereocenters. The van der Waals surface area contributed by atoms with Gasteiger partial charge in [0, 0.05) is 6.07 Å². The molecule has 1 atom stereocenters. The van der Waals surface area contributed by atoms with E-state index in [0.29, 0.717) is 0 Å². The maximum absolute atomic E-state index is 10.6. The zero-order valence-electron chi connectivity index (χ0n) is 5.27. The van der Waals surface area contributed by atoms with Crippen molar-refractivity contribution in [1.82, 2.24) is 9.97 Å². The van der Waals surface area contributed by atoms with Crippen LogP contribution in [0.5, 0.6) is 0 Å². The standard InChI is InChI=1S/C4H5N3O3S/c5-2-1-3(8)7-4(6-2)11(9)10/h1H,(H,9,10)(H3,5,6,7,8). The summed E-state index contributed by atoms with van der Waals surface area (Å²) >= 11 is -2.30. The third-order valence-corrected chi connectivity index (χ3v) is 1.43. The minimum atomic E-state index is -2.30. The van der Waals surface area contributed by atoms with Gasteiger partial charge in [0.15, 0.2) is 0 Å². The molecule has 1 aromatic rings. The van der Waals surface area contributed by atoms with Crippen molar-refractivity contribution in [1.29, 1.82) is 0 Å². The van der Waals surface area contributed by atoms with Crippen LogP contribution < -0.4 is 11.3 Å². The number of anilines is 1. The first-order valence-electron chi connectivity index (χ1n) is 2.57. The van der Waals surface area contributed by atoms with Crippen molar-refractivity contribution in [2.75, 3.05) is 5.73 Å². The molecule has 0 amide bonds. The van der Waals surface area contributed by atoms with Crippen molar-refractivity contribution in [3.8, 4) is 0 Å². The van der Waals surface area contributed by atoms with E-state index < -0.39 is 16.6 Å². The Morgan fingerprint density at radius 1 is 1.73 bits per heavy atom. The SMILES string of the molecule is Nc1cc(=O)[nH]c(S(=O)O)n1. The fraction of sp³-hybridized carbons (Fsp3) is 0. The highest BCUT2D eigenvalue weighted by Gasteiger charge is 2.02. The van der Waals surface area contributed by atoms with E-state index in [-0.39, 0.29) is 11.0 Å². The van der Waals surface area contributed by atoms with Crippen molar-refractivity contribution in [3.05, 3.63) is 16.4 Å². The summed E-state index contributed by atoms with van der Waals surface area (Å²) in [5, 5.41) is -0.338. The number of rotatable bonds is 1. The fourth-order valence-corrected chi connectivity index (χ4v) is 0.907. The Morgan fingerprint density at radius 2 is 2.36 bits per heavy atom. The van der Waals surface area contributed by atoms with Crippen LogP contribution in [0.25, 0.3) is 0 Å². The molecule has 0 bridgehead atoms. The zero-order valence-corrected chi connectivity index (χ0v) is 6.09. The number of nitrogens with zero attached hydrogens (tertiary/aromatic N) is 1. The third-order valence-electron chi connectivity index (χ3n) is 0.905. The smallest absolute Gasteiger partial charge is 0.253 e. The predicted molar refractivity (Wildman–Crippen MR) is 38.3 cm³/mol. The Morgan fingerprint density at radius 3 is 2.82 bits per heavy atom. The van der Waals surface area contributed by atoms with E-state index in [1.807, 2.05) is 0 Å². The van der Waals surface area contributed by atoms with Gasteiger partial charge in [0.2, 0.25) is 16.2 Å². The van der Waals surface area contributed by atoms with Gasteiger partial charge in [-0.2, -0.15) is 0 Å². The first-order valence-corrected chi connectivity index (χ1v) is 3.68. The van der Waals surface area contributed by atoms with Crippen LogP contribution in [0, 0.1) is 0 Å². The minimum Gasteiger partial charge on any atom is -0.383 e. The molecule has 6 nitrogen and oxygen atoms in total. The van der Waals surface area contributed by atoms with Crippen LogP contribution in [-0.4, -0.2) is 18.7 Å². The van der Waals surface area contributed by atoms with E-state index in [0.717, 1.165) is 6.07 Å². The molecule has 0 aliphatic carbocycles. The highest BCUT2D eigenvalue weighted by atomic mass is 32.2. The average Bonchev–Trinajstić information content (AvgIpc) is 1.85. The molecule has 11 heavy (non-hydrogen) atoms. The number of nitrogens with one attached hydrogen (secondary N) is 1. The van der Waals surface area contributed by atoms with Gasteiger partial charge < -0.3 is 5.73 Å². The number of nitrogens with two attached hydrogens (primary N) is 1. The zero-order chi connectivity index (χ0) is 8.43. The fourth-order valence-electron chi connectivity index (χ4n) is 0.536. The molecule has 60 valence electrons. The van der Waals surface area contributed by atoms with Crippen LogP contribution in [0.3, 0.4) is 0 Å². The normalized spacial score (nSPS) is 12.8. The van der Waals surface area contributed by atoms with Crippen molar-refractivity contribution < 1.29 is 8.76 Å². The van der Waals surface area contributed by atoms with Crippen LogP contribution in [0.15, 0.2) is 16.0 Å². The summed E-state index contributed by atoms with van der Waals surface area (Å²) in [7, 11) is 0. The largest absolute Gasteiger partial charge is 0.383 e. The summed E-state index contributed by atoms with van der Waals surface area (Å²) in [4.78, 5) is 16.1. The average molecular weight is 175 g/mol. The number of hydrogen-bond acceptors (Lipinski definition) is 4. The highest BCUT2D eigenvalue weighted by Crippen LogP contribution is 1.94. The van der Waals surface area contributed by atoms with Crippen LogP contribution in [0.4, 0.5) is 5.82 Å². The Labute approximate surface area is 63.7 Å². The van der Waals surface area contributed by atoms with Gasteiger partial charge in [-0.1, -0.05) is 0 Å². The van der Waals surface area contributed by atoms with Gasteiger partial charge in [-0.3, -0.25) is 14.3 Å². The monoisotopic (exact) mass is 175 g/mol. The lowest BCUT2D eigenvalue weighted by Gasteiger charge is -1.93. The second-order valence-electron chi connectivity index (χ2n) is 1.72. The van der Waals surface area contributed by atoms with Gasteiger partial charge in [-0.15, -0.1) is 0 Å². The minimum absolute atomic E-state index is 0.0776. The maximum Gasteiger partial charge on any atom is 0.253 e. The highest BCUT2D eigenvalue weighted by molar-refractivity contribution is 7.79. The second kappa shape index (κ2) is 2.81. The molecular formula is C4H5N3O3S. The number of H-pyrrole nitrogens is 1. The second-order valence-corrected chi connectivity index (χ2v) is 2.61. The molecule has 0 spiro atoms. The molecule has 1 rings (SSSR count). The van der Waals surface area contributed by atoms with Crippen molar-refractivity contribution in [2.45, 2.75) is 5.16 Å².